The molecule has 1 amide bonds. The molecule has 0 fully saturated rings. The summed E-state index contributed by atoms with van der Waals surface area (Å²) in [5.41, 5.74) is 3.34. The minimum Gasteiger partial charge on any atom is -0.490 e. The van der Waals surface area contributed by atoms with E-state index in [-0.39, 0.29) is 12.5 Å². The largest absolute Gasteiger partial charge is 0.490 e. The summed E-state index contributed by atoms with van der Waals surface area (Å²) >= 11 is 12.2. The molecule has 0 spiro atoms. The van der Waals surface area contributed by atoms with Crippen LogP contribution in [0.5, 0.6) is 11.5 Å². The summed E-state index contributed by atoms with van der Waals surface area (Å²) in [6.45, 7) is 3.81. The van der Waals surface area contributed by atoms with Gasteiger partial charge in [0.1, 0.15) is 18.0 Å². The van der Waals surface area contributed by atoms with Crippen molar-refractivity contribution in [3.05, 3.63) is 76.0 Å². The van der Waals surface area contributed by atoms with Crippen LogP contribution in [0.3, 0.4) is 0 Å². The Morgan fingerprint density at radius 3 is 2.71 bits per heavy atom. The van der Waals surface area contributed by atoms with Crippen LogP contribution in [0.4, 0.5) is 0 Å². The van der Waals surface area contributed by atoms with Crippen molar-refractivity contribution in [3.63, 3.8) is 0 Å². The highest BCUT2D eigenvalue weighted by Crippen LogP contribution is 2.33. The molecule has 2 aromatic carbocycles. The fourth-order valence-electron chi connectivity index (χ4n) is 3.73. The van der Waals surface area contributed by atoms with E-state index in [1.807, 2.05) is 31.2 Å². The standard InChI is InChI=1S/C25H21Cl2N5O3/c1-2-34-23-11-15(4-6-22(23)35-14-16-3-5-17(26)12-18(16)27)24-28-8-7-19(30-24)20-13-21-25(33)29-9-10-32(21)31-20/h3-8,11-13H,2,9-10,14H2,1H3,(H,29,33). The maximum absolute atomic E-state index is 12.1. The molecule has 1 aliphatic heterocycles. The second-order valence-corrected chi connectivity index (χ2v) is 8.62. The van der Waals surface area contributed by atoms with Crippen LogP contribution in [-0.4, -0.2) is 38.8 Å². The van der Waals surface area contributed by atoms with Crippen molar-refractivity contribution < 1.29 is 14.3 Å². The number of rotatable bonds is 7. The third kappa shape index (κ3) is 4.94. The second-order valence-electron chi connectivity index (χ2n) is 7.78. The van der Waals surface area contributed by atoms with E-state index in [0.717, 1.165) is 11.1 Å². The number of nitrogens with zero attached hydrogens (tertiary/aromatic N) is 4. The van der Waals surface area contributed by atoms with Crippen LogP contribution in [0.25, 0.3) is 22.8 Å². The van der Waals surface area contributed by atoms with E-state index in [2.05, 4.69) is 20.4 Å². The van der Waals surface area contributed by atoms with Gasteiger partial charge in [-0.15, -0.1) is 0 Å². The molecule has 4 aromatic rings. The molecule has 8 nitrogen and oxygen atoms in total. The highest BCUT2D eigenvalue weighted by Gasteiger charge is 2.20. The molecule has 10 heteroatoms. The van der Waals surface area contributed by atoms with Gasteiger partial charge in [-0.05, 0) is 49.4 Å². The van der Waals surface area contributed by atoms with Crippen LogP contribution >= 0.6 is 23.2 Å². The molecule has 178 valence electrons. The van der Waals surface area contributed by atoms with Crippen molar-refractivity contribution in [1.82, 2.24) is 25.1 Å². The summed E-state index contributed by atoms with van der Waals surface area (Å²) in [6, 6.07) is 14.3. The van der Waals surface area contributed by atoms with Gasteiger partial charge in [-0.3, -0.25) is 9.48 Å². The summed E-state index contributed by atoms with van der Waals surface area (Å²) in [6.07, 6.45) is 1.67. The van der Waals surface area contributed by atoms with Crippen molar-refractivity contribution in [2.45, 2.75) is 20.1 Å². The number of amides is 1. The number of fused-ring (bicyclic) bond motifs is 1. The molecule has 1 N–H and O–H groups in total. The Morgan fingerprint density at radius 2 is 1.91 bits per heavy atom. The Bertz CT molecular complexity index is 1410. The monoisotopic (exact) mass is 509 g/mol. The molecular formula is C25H21Cl2N5O3. The molecule has 0 atom stereocenters. The van der Waals surface area contributed by atoms with E-state index >= 15 is 0 Å². The first-order valence-corrected chi connectivity index (χ1v) is 11.8. The molecule has 0 saturated carbocycles. The number of hydrogen-bond acceptors (Lipinski definition) is 6. The fourth-order valence-corrected chi connectivity index (χ4v) is 4.19. The van der Waals surface area contributed by atoms with Crippen molar-refractivity contribution in [1.29, 1.82) is 0 Å². The van der Waals surface area contributed by atoms with Crippen molar-refractivity contribution in [2.24, 2.45) is 0 Å². The molecule has 0 unspecified atom stereocenters. The lowest BCUT2D eigenvalue weighted by atomic mass is 10.1. The molecule has 0 saturated heterocycles. The molecule has 5 rings (SSSR count). The van der Waals surface area contributed by atoms with Crippen LogP contribution < -0.4 is 14.8 Å². The third-order valence-electron chi connectivity index (χ3n) is 5.44. The van der Waals surface area contributed by atoms with Gasteiger partial charge in [-0.25, -0.2) is 9.97 Å². The van der Waals surface area contributed by atoms with Crippen molar-refractivity contribution in [2.75, 3.05) is 13.2 Å². The molecule has 0 radical (unpaired) electrons. The lowest BCUT2D eigenvalue weighted by Crippen LogP contribution is -2.35. The number of carbonyl (C=O) groups is 1. The lowest BCUT2D eigenvalue weighted by Gasteiger charge is -2.14. The van der Waals surface area contributed by atoms with Crippen molar-refractivity contribution >= 4 is 29.1 Å². The van der Waals surface area contributed by atoms with Gasteiger partial charge in [0.25, 0.3) is 5.91 Å². The van der Waals surface area contributed by atoms with Gasteiger partial charge in [0, 0.05) is 33.9 Å². The SMILES string of the molecule is CCOc1cc(-c2nccc(-c3cc4n(n3)CCNC4=O)n2)ccc1OCc1ccc(Cl)cc1Cl. The molecule has 2 aromatic heterocycles. The average molecular weight is 510 g/mol. The zero-order valence-electron chi connectivity index (χ0n) is 18.8. The Hall–Kier alpha value is -3.62. The Labute approximate surface area is 211 Å². The van der Waals surface area contributed by atoms with Crippen LogP contribution in [0.15, 0.2) is 54.7 Å². The van der Waals surface area contributed by atoms with E-state index in [1.165, 1.54) is 0 Å². The molecule has 35 heavy (non-hydrogen) atoms. The number of ether oxygens (including phenoxy) is 2. The number of carbonyl (C=O) groups excluding carboxylic acids is 1. The highest BCUT2D eigenvalue weighted by molar-refractivity contribution is 6.35. The maximum atomic E-state index is 12.1. The van der Waals surface area contributed by atoms with Gasteiger partial charge < -0.3 is 14.8 Å². The first kappa shape index (κ1) is 23.1. The zero-order chi connectivity index (χ0) is 24.4. The van der Waals surface area contributed by atoms with E-state index in [1.54, 1.807) is 35.1 Å². The highest BCUT2D eigenvalue weighted by atomic mass is 35.5. The van der Waals surface area contributed by atoms with Crippen LogP contribution in [-0.2, 0) is 13.2 Å². The van der Waals surface area contributed by atoms with Gasteiger partial charge in [0.2, 0.25) is 0 Å². The Morgan fingerprint density at radius 1 is 1.03 bits per heavy atom. The van der Waals surface area contributed by atoms with Gasteiger partial charge in [-0.2, -0.15) is 5.10 Å². The Balaban J connectivity index is 1.41. The van der Waals surface area contributed by atoms with E-state index in [4.69, 9.17) is 32.7 Å². The molecule has 1 aliphatic rings. The number of hydrogen-bond donors (Lipinski definition) is 1. The molecular weight excluding hydrogens is 489 g/mol. The van der Waals surface area contributed by atoms with Crippen LogP contribution in [0, 0.1) is 0 Å². The number of halogens is 2. The van der Waals surface area contributed by atoms with E-state index < -0.39 is 0 Å². The fraction of sp³-hybridized carbons (Fsp3) is 0.200. The van der Waals surface area contributed by atoms with Gasteiger partial charge in [-0.1, -0.05) is 29.3 Å². The zero-order valence-corrected chi connectivity index (χ0v) is 20.3. The first-order chi connectivity index (χ1) is 17.0. The van der Waals surface area contributed by atoms with Gasteiger partial charge >= 0.3 is 0 Å². The molecule has 0 aliphatic carbocycles. The average Bonchev–Trinajstić information content (AvgIpc) is 3.30. The normalized spacial score (nSPS) is 12.7. The van der Waals surface area contributed by atoms with Gasteiger partial charge in [0.05, 0.1) is 18.8 Å². The summed E-state index contributed by atoms with van der Waals surface area (Å²) in [5.74, 6) is 1.51. The Kier molecular flexibility index (Phi) is 6.57. The molecule has 0 bridgehead atoms. The topological polar surface area (TPSA) is 91.2 Å². The molecule has 3 heterocycles. The van der Waals surface area contributed by atoms with Crippen molar-refractivity contribution in [3.8, 4) is 34.3 Å². The van der Waals surface area contributed by atoms with E-state index in [0.29, 0.717) is 64.1 Å². The van der Waals surface area contributed by atoms with Gasteiger partial charge in [0.15, 0.2) is 17.3 Å². The van der Waals surface area contributed by atoms with Crippen LogP contribution in [0.1, 0.15) is 23.0 Å². The predicted molar refractivity (Wildman–Crippen MR) is 133 cm³/mol. The quantitative estimate of drug-likeness (QED) is 0.375. The maximum Gasteiger partial charge on any atom is 0.269 e. The summed E-state index contributed by atoms with van der Waals surface area (Å²) < 4.78 is 13.5. The predicted octanol–water partition coefficient (Wildman–Crippen LogP) is 5.04. The van der Waals surface area contributed by atoms with Crippen LogP contribution in [0.2, 0.25) is 10.0 Å². The number of nitrogens with one attached hydrogen (secondary N) is 1. The summed E-state index contributed by atoms with van der Waals surface area (Å²) in [5, 5.41) is 8.46. The van der Waals surface area contributed by atoms with E-state index in [9.17, 15) is 4.79 Å². The summed E-state index contributed by atoms with van der Waals surface area (Å²) in [7, 11) is 0. The first-order valence-electron chi connectivity index (χ1n) is 11.0. The lowest BCUT2D eigenvalue weighted by molar-refractivity contribution is 0.0924. The second kappa shape index (κ2) is 9.93. The summed E-state index contributed by atoms with van der Waals surface area (Å²) in [4.78, 5) is 21.2. The minimum atomic E-state index is -0.138. The minimum absolute atomic E-state index is 0.138. The number of benzene rings is 2. The third-order valence-corrected chi connectivity index (χ3v) is 6.03. The smallest absolute Gasteiger partial charge is 0.269 e. The number of aromatic nitrogens is 4.